The van der Waals surface area contributed by atoms with Crippen molar-refractivity contribution in [2.75, 3.05) is 0 Å². The van der Waals surface area contributed by atoms with Gasteiger partial charge in [-0.25, -0.2) is 17.7 Å². The zero-order chi connectivity index (χ0) is 30.2. The number of halogens is 3. The van der Waals surface area contributed by atoms with Crippen molar-refractivity contribution in [3.8, 4) is 11.1 Å². The van der Waals surface area contributed by atoms with E-state index in [1.54, 1.807) is 22.8 Å². The number of aromatic nitrogens is 4. The van der Waals surface area contributed by atoms with E-state index in [4.69, 9.17) is 5.73 Å². The van der Waals surface area contributed by atoms with Crippen molar-refractivity contribution in [3.05, 3.63) is 125 Å². The molecule has 3 aromatic carbocycles. The van der Waals surface area contributed by atoms with Gasteiger partial charge in [0.25, 0.3) is 5.91 Å². The fourth-order valence-electron chi connectivity index (χ4n) is 5.68. The topological polar surface area (TPSA) is 95.3 Å². The number of hydrogen-bond donors (Lipinski definition) is 1. The molecular formula is C33H26F3N5O2. The van der Waals surface area contributed by atoms with Crippen LogP contribution in [0, 0.1) is 24.4 Å². The minimum atomic E-state index is -0.924. The molecule has 43 heavy (non-hydrogen) atoms. The van der Waals surface area contributed by atoms with Crippen LogP contribution in [0.1, 0.15) is 39.6 Å². The van der Waals surface area contributed by atoms with Crippen LogP contribution in [0.15, 0.2) is 85.1 Å². The van der Waals surface area contributed by atoms with Gasteiger partial charge in [0.15, 0.2) is 5.78 Å². The maximum Gasteiger partial charge on any atom is 0.251 e. The SMILES string of the molecule is Cc1cc2n(CC(=O)C[C@@H](Cc3cc(F)cc(F)c3)c3ncccc3-c3ccc(F)c(C(N)=O)c3)c3ccccc3n2n1. The Balaban J connectivity index is 1.41. The van der Waals surface area contributed by atoms with Crippen molar-refractivity contribution in [3.63, 3.8) is 0 Å². The average molecular weight is 582 g/mol. The first kappa shape index (κ1) is 27.9. The summed E-state index contributed by atoms with van der Waals surface area (Å²) >= 11 is 0. The number of benzene rings is 3. The number of para-hydroxylation sites is 2. The van der Waals surface area contributed by atoms with Gasteiger partial charge in [-0.2, -0.15) is 5.10 Å². The van der Waals surface area contributed by atoms with Gasteiger partial charge < -0.3 is 10.3 Å². The molecule has 3 heterocycles. The number of aryl methyl sites for hydroxylation is 1. The van der Waals surface area contributed by atoms with Crippen LogP contribution in [0.25, 0.3) is 27.8 Å². The number of Topliss-reactive ketones (excluding diaryl/α,β-unsaturated/α-hetero) is 1. The number of pyridine rings is 1. The summed E-state index contributed by atoms with van der Waals surface area (Å²) in [7, 11) is 0. The Bertz CT molecular complexity index is 2010. The molecule has 0 aliphatic carbocycles. The van der Waals surface area contributed by atoms with Crippen molar-refractivity contribution >= 4 is 28.4 Å². The third-order valence-electron chi connectivity index (χ3n) is 7.47. The zero-order valence-corrected chi connectivity index (χ0v) is 23.1. The normalized spacial score (nSPS) is 12.2. The quantitative estimate of drug-likeness (QED) is 0.221. The number of hydrogen-bond acceptors (Lipinski definition) is 4. The molecule has 0 fully saturated rings. The first-order valence-corrected chi connectivity index (χ1v) is 13.6. The Morgan fingerprint density at radius 1 is 0.907 bits per heavy atom. The van der Waals surface area contributed by atoms with Gasteiger partial charge in [0.1, 0.15) is 23.1 Å². The standard InChI is InChI=1S/C33H26F3N5O2/c1-19-11-31-40(29-6-2-3-7-30(29)41(31)39-19)18-25(42)15-22(12-20-13-23(34)17-24(35)14-20)32-26(5-4-10-38-32)21-8-9-28(36)27(16-21)33(37)43/h2-11,13-14,16-17,22H,12,15,18H2,1H3,(H2,37,43)/t22-/m1/s1. The predicted molar refractivity (Wildman–Crippen MR) is 156 cm³/mol. The summed E-state index contributed by atoms with van der Waals surface area (Å²) in [5.41, 5.74) is 10.2. The molecule has 10 heteroatoms. The van der Waals surface area contributed by atoms with E-state index in [9.17, 15) is 22.8 Å². The molecular weight excluding hydrogens is 555 g/mol. The van der Waals surface area contributed by atoms with Crippen LogP contribution in [0.4, 0.5) is 13.2 Å². The van der Waals surface area contributed by atoms with E-state index in [2.05, 4.69) is 10.1 Å². The van der Waals surface area contributed by atoms with Crippen molar-refractivity contribution in [2.45, 2.75) is 32.2 Å². The molecule has 6 aromatic rings. The Morgan fingerprint density at radius 3 is 2.40 bits per heavy atom. The maximum absolute atomic E-state index is 14.3. The average Bonchev–Trinajstić information content (AvgIpc) is 3.48. The first-order valence-electron chi connectivity index (χ1n) is 13.6. The molecule has 7 nitrogen and oxygen atoms in total. The molecule has 0 saturated heterocycles. The fourth-order valence-corrected chi connectivity index (χ4v) is 5.68. The second-order valence-corrected chi connectivity index (χ2v) is 10.5. The number of amides is 1. The highest BCUT2D eigenvalue weighted by atomic mass is 19.1. The van der Waals surface area contributed by atoms with Crippen LogP contribution in [-0.4, -0.2) is 30.9 Å². The number of carbonyl (C=O) groups excluding carboxylic acids is 2. The van der Waals surface area contributed by atoms with Gasteiger partial charge in [-0.1, -0.05) is 24.3 Å². The molecule has 216 valence electrons. The van der Waals surface area contributed by atoms with E-state index in [1.165, 1.54) is 24.3 Å². The summed E-state index contributed by atoms with van der Waals surface area (Å²) in [5.74, 6) is -3.91. The molecule has 0 saturated carbocycles. The van der Waals surface area contributed by atoms with Gasteiger partial charge in [0.2, 0.25) is 0 Å². The van der Waals surface area contributed by atoms with Crippen LogP contribution in [0.2, 0.25) is 0 Å². The van der Waals surface area contributed by atoms with E-state index in [1.807, 2.05) is 41.8 Å². The smallest absolute Gasteiger partial charge is 0.251 e. The highest BCUT2D eigenvalue weighted by Crippen LogP contribution is 2.34. The first-order chi connectivity index (χ1) is 20.7. The van der Waals surface area contributed by atoms with E-state index in [-0.39, 0.29) is 30.7 Å². The molecule has 0 spiro atoms. The lowest BCUT2D eigenvalue weighted by molar-refractivity contribution is -0.119. The minimum Gasteiger partial charge on any atom is -0.366 e. The Kier molecular flexibility index (Phi) is 7.27. The Labute approximate surface area is 244 Å². The van der Waals surface area contributed by atoms with Crippen LogP contribution >= 0.6 is 0 Å². The molecule has 1 amide bonds. The number of carbonyl (C=O) groups is 2. The van der Waals surface area contributed by atoms with Gasteiger partial charge in [-0.15, -0.1) is 0 Å². The van der Waals surface area contributed by atoms with Crippen LogP contribution < -0.4 is 5.73 Å². The molecule has 3 aromatic heterocycles. The molecule has 0 aliphatic rings. The van der Waals surface area contributed by atoms with Gasteiger partial charge in [0.05, 0.1) is 34.5 Å². The van der Waals surface area contributed by atoms with Crippen LogP contribution in [0.5, 0.6) is 0 Å². The molecule has 2 N–H and O–H groups in total. The molecule has 0 aliphatic heterocycles. The monoisotopic (exact) mass is 581 g/mol. The number of primary amides is 1. The minimum absolute atomic E-state index is 0.0161. The highest BCUT2D eigenvalue weighted by Gasteiger charge is 2.24. The predicted octanol–water partition coefficient (Wildman–Crippen LogP) is 6.16. The van der Waals surface area contributed by atoms with E-state index in [0.717, 1.165) is 34.5 Å². The summed E-state index contributed by atoms with van der Waals surface area (Å²) in [6.45, 7) is 1.91. The number of rotatable bonds is 9. The van der Waals surface area contributed by atoms with E-state index in [0.29, 0.717) is 22.4 Å². The number of nitrogens with zero attached hydrogens (tertiary/aromatic N) is 4. The Hall–Kier alpha value is -5.25. The van der Waals surface area contributed by atoms with Crippen LogP contribution in [-0.2, 0) is 17.8 Å². The van der Waals surface area contributed by atoms with Crippen LogP contribution in [0.3, 0.4) is 0 Å². The van der Waals surface area contributed by atoms with E-state index >= 15 is 0 Å². The summed E-state index contributed by atoms with van der Waals surface area (Å²) in [4.78, 5) is 30.2. The summed E-state index contributed by atoms with van der Waals surface area (Å²) in [6, 6.07) is 20.2. The van der Waals surface area contributed by atoms with Gasteiger partial charge in [-0.05, 0) is 66.9 Å². The third kappa shape index (κ3) is 5.51. The molecule has 0 unspecified atom stereocenters. The summed E-state index contributed by atoms with van der Waals surface area (Å²) < 4.78 is 46.4. The third-order valence-corrected chi connectivity index (χ3v) is 7.47. The molecule has 0 radical (unpaired) electrons. The highest BCUT2D eigenvalue weighted by molar-refractivity contribution is 5.94. The second-order valence-electron chi connectivity index (χ2n) is 10.5. The second kappa shape index (κ2) is 11.2. The summed E-state index contributed by atoms with van der Waals surface area (Å²) in [6.07, 6.45) is 1.64. The van der Waals surface area contributed by atoms with Crippen molar-refractivity contribution in [1.29, 1.82) is 0 Å². The van der Waals surface area contributed by atoms with Gasteiger partial charge in [0, 0.05) is 36.2 Å². The zero-order valence-electron chi connectivity index (χ0n) is 23.1. The number of fused-ring (bicyclic) bond motifs is 3. The van der Waals surface area contributed by atoms with Crippen molar-refractivity contribution < 1.29 is 22.8 Å². The Morgan fingerprint density at radius 2 is 1.65 bits per heavy atom. The van der Waals surface area contributed by atoms with Gasteiger partial charge >= 0.3 is 0 Å². The summed E-state index contributed by atoms with van der Waals surface area (Å²) in [5, 5.41) is 4.56. The lowest BCUT2D eigenvalue weighted by atomic mass is 9.86. The largest absolute Gasteiger partial charge is 0.366 e. The van der Waals surface area contributed by atoms with Crippen molar-refractivity contribution in [1.82, 2.24) is 19.2 Å². The number of nitrogens with two attached hydrogens (primary N) is 1. The van der Waals surface area contributed by atoms with Gasteiger partial charge in [-0.3, -0.25) is 14.6 Å². The van der Waals surface area contributed by atoms with Crippen molar-refractivity contribution in [2.24, 2.45) is 5.73 Å². The molecule has 1 atom stereocenters. The van der Waals surface area contributed by atoms with E-state index < -0.39 is 29.3 Å². The fraction of sp³-hybridized carbons (Fsp3) is 0.152. The number of ketones is 1. The molecule has 6 rings (SSSR count). The molecule has 0 bridgehead atoms. The maximum atomic E-state index is 14.3. The lowest BCUT2D eigenvalue weighted by Gasteiger charge is -2.20. The lowest BCUT2D eigenvalue weighted by Crippen LogP contribution is -2.17. The number of imidazole rings is 1.